The van der Waals surface area contributed by atoms with Crippen molar-refractivity contribution in [2.24, 2.45) is 5.92 Å². The fourth-order valence-corrected chi connectivity index (χ4v) is 4.25. The summed E-state index contributed by atoms with van der Waals surface area (Å²) in [5.41, 5.74) is 2.45. The Morgan fingerprint density at radius 3 is 2.37 bits per heavy atom. The third-order valence-electron chi connectivity index (χ3n) is 6.12. The van der Waals surface area contributed by atoms with Gasteiger partial charge in [-0.15, -0.1) is 0 Å². The van der Waals surface area contributed by atoms with Crippen LogP contribution in [0, 0.1) is 5.92 Å². The third kappa shape index (κ3) is 3.95. The van der Waals surface area contributed by atoms with E-state index >= 15 is 0 Å². The van der Waals surface area contributed by atoms with Gasteiger partial charge in [-0.25, -0.2) is 4.98 Å². The molecule has 2 aliphatic rings. The molecule has 1 saturated heterocycles. The molecule has 0 bridgehead atoms. The lowest BCUT2D eigenvalue weighted by Gasteiger charge is -2.36. The van der Waals surface area contributed by atoms with E-state index in [0.717, 1.165) is 56.8 Å². The summed E-state index contributed by atoms with van der Waals surface area (Å²) < 4.78 is 0. The first-order chi connectivity index (χ1) is 14.8. The van der Waals surface area contributed by atoms with Crippen molar-refractivity contribution in [2.75, 3.05) is 31.1 Å². The second-order valence-corrected chi connectivity index (χ2v) is 8.26. The van der Waals surface area contributed by atoms with Gasteiger partial charge in [-0.3, -0.25) is 4.79 Å². The summed E-state index contributed by atoms with van der Waals surface area (Å²) in [6, 6.07) is 19.0. The van der Waals surface area contributed by atoms with E-state index in [1.807, 2.05) is 17.2 Å². The minimum Gasteiger partial charge on any atom is -0.353 e. The normalized spacial score (nSPS) is 17.1. The van der Waals surface area contributed by atoms with Gasteiger partial charge in [-0.2, -0.15) is 0 Å². The maximum absolute atomic E-state index is 12.3. The van der Waals surface area contributed by atoms with Crippen LogP contribution in [0.1, 0.15) is 24.0 Å². The molecule has 1 amide bonds. The number of aromatic nitrogens is 1. The number of rotatable bonds is 5. The van der Waals surface area contributed by atoms with Gasteiger partial charge in [0, 0.05) is 49.2 Å². The van der Waals surface area contributed by atoms with E-state index < -0.39 is 0 Å². The standard InChI is InChI=1S/C26H27N3O/c30-26(21-13-14-21)29-17-15-28(16-18-29)25-24-12-5-4-11-23(24)22(19-27-25)10-6-9-20-7-2-1-3-8-20/h1-8,10-12,19,21H,9,13-18H2/b10-6+. The zero-order chi connectivity index (χ0) is 20.3. The van der Waals surface area contributed by atoms with Gasteiger partial charge >= 0.3 is 0 Å². The molecule has 0 spiro atoms. The number of amides is 1. The van der Waals surface area contributed by atoms with Gasteiger partial charge in [0.15, 0.2) is 0 Å². The van der Waals surface area contributed by atoms with Crippen LogP contribution in [0.5, 0.6) is 0 Å². The summed E-state index contributed by atoms with van der Waals surface area (Å²) >= 11 is 0. The van der Waals surface area contributed by atoms with E-state index in [4.69, 9.17) is 4.98 Å². The second-order valence-electron chi connectivity index (χ2n) is 8.26. The fraction of sp³-hybridized carbons (Fsp3) is 0.308. The second kappa shape index (κ2) is 8.31. The molecule has 2 fully saturated rings. The molecule has 2 heterocycles. The van der Waals surface area contributed by atoms with E-state index in [0.29, 0.717) is 11.8 Å². The molecule has 5 rings (SSSR count). The number of pyridine rings is 1. The first-order valence-electron chi connectivity index (χ1n) is 10.9. The van der Waals surface area contributed by atoms with Crippen LogP contribution in [0.4, 0.5) is 5.82 Å². The molecule has 0 radical (unpaired) electrons. The molecule has 30 heavy (non-hydrogen) atoms. The van der Waals surface area contributed by atoms with Crippen LogP contribution in [0.15, 0.2) is 66.9 Å². The van der Waals surface area contributed by atoms with Crippen LogP contribution in [-0.2, 0) is 11.2 Å². The van der Waals surface area contributed by atoms with Crippen LogP contribution in [0.2, 0.25) is 0 Å². The van der Waals surface area contributed by atoms with Crippen molar-refractivity contribution in [2.45, 2.75) is 19.3 Å². The number of hydrogen-bond donors (Lipinski definition) is 0. The number of anilines is 1. The number of benzene rings is 2. The number of piperazine rings is 1. The van der Waals surface area contributed by atoms with Crippen LogP contribution >= 0.6 is 0 Å². The molecular formula is C26H27N3O. The monoisotopic (exact) mass is 397 g/mol. The number of allylic oxidation sites excluding steroid dienone is 1. The van der Waals surface area contributed by atoms with Gasteiger partial charge in [-0.1, -0.05) is 66.7 Å². The highest BCUT2D eigenvalue weighted by Crippen LogP contribution is 2.32. The molecule has 3 aromatic rings. The Bertz CT molecular complexity index is 1060. The van der Waals surface area contributed by atoms with Crippen LogP contribution in [0.3, 0.4) is 0 Å². The number of fused-ring (bicyclic) bond motifs is 1. The first-order valence-corrected chi connectivity index (χ1v) is 10.9. The summed E-state index contributed by atoms with van der Waals surface area (Å²) in [5, 5.41) is 2.41. The molecule has 1 saturated carbocycles. The van der Waals surface area contributed by atoms with Crippen molar-refractivity contribution in [3.63, 3.8) is 0 Å². The van der Waals surface area contributed by atoms with Crippen molar-refractivity contribution in [1.29, 1.82) is 0 Å². The molecule has 0 atom stereocenters. The Labute approximate surface area is 177 Å². The molecule has 0 unspecified atom stereocenters. The maximum Gasteiger partial charge on any atom is 0.225 e. The molecule has 0 N–H and O–H groups in total. The van der Waals surface area contributed by atoms with E-state index in [1.54, 1.807) is 0 Å². The van der Waals surface area contributed by atoms with Crippen molar-refractivity contribution in [1.82, 2.24) is 9.88 Å². The van der Waals surface area contributed by atoms with Crippen LogP contribution in [0.25, 0.3) is 16.8 Å². The molecule has 2 aromatic carbocycles. The summed E-state index contributed by atoms with van der Waals surface area (Å²) in [7, 11) is 0. The lowest BCUT2D eigenvalue weighted by atomic mass is 10.0. The molecule has 1 aliphatic carbocycles. The summed E-state index contributed by atoms with van der Waals surface area (Å²) in [4.78, 5) is 21.6. The largest absolute Gasteiger partial charge is 0.353 e. The molecule has 1 aromatic heterocycles. The van der Waals surface area contributed by atoms with Crippen LogP contribution < -0.4 is 4.90 Å². The highest BCUT2D eigenvalue weighted by Gasteiger charge is 2.34. The SMILES string of the molecule is O=C(C1CC1)N1CCN(c2ncc(/C=C/Cc3ccccc3)c3ccccc23)CC1. The Morgan fingerprint density at radius 1 is 0.933 bits per heavy atom. The number of nitrogens with zero attached hydrogens (tertiary/aromatic N) is 3. The molecule has 4 nitrogen and oxygen atoms in total. The highest BCUT2D eigenvalue weighted by atomic mass is 16.2. The molecule has 152 valence electrons. The van der Waals surface area contributed by atoms with E-state index in [-0.39, 0.29) is 0 Å². The zero-order valence-corrected chi connectivity index (χ0v) is 17.2. The minimum absolute atomic E-state index is 0.303. The van der Waals surface area contributed by atoms with Gasteiger partial charge in [0.1, 0.15) is 5.82 Å². The molecule has 1 aliphatic heterocycles. The van der Waals surface area contributed by atoms with E-state index in [9.17, 15) is 4.79 Å². The zero-order valence-electron chi connectivity index (χ0n) is 17.2. The Morgan fingerprint density at radius 2 is 1.63 bits per heavy atom. The van der Waals surface area contributed by atoms with Gasteiger partial charge in [-0.05, 0) is 30.2 Å². The van der Waals surface area contributed by atoms with Crippen molar-refractivity contribution < 1.29 is 4.79 Å². The minimum atomic E-state index is 0.303. The summed E-state index contributed by atoms with van der Waals surface area (Å²) in [5.74, 6) is 1.69. The number of carbonyl (C=O) groups is 1. The van der Waals surface area contributed by atoms with Crippen molar-refractivity contribution in [3.8, 4) is 0 Å². The molecular weight excluding hydrogens is 370 g/mol. The van der Waals surface area contributed by atoms with Gasteiger partial charge in [0.2, 0.25) is 5.91 Å². The predicted octanol–water partition coefficient (Wildman–Crippen LogP) is 4.55. The predicted molar refractivity (Wildman–Crippen MR) is 122 cm³/mol. The first kappa shape index (κ1) is 18.9. The maximum atomic E-state index is 12.3. The quantitative estimate of drug-likeness (QED) is 0.634. The van der Waals surface area contributed by atoms with Gasteiger partial charge in [0.25, 0.3) is 0 Å². The lowest BCUT2D eigenvalue weighted by molar-refractivity contribution is -0.132. The Balaban J connectivity index is 1.34. The number of carbonyl (C=O) groups excluding carboxylic acids is 1. The van der Waals surface area contributed by atoms with Gasteiger partial charge < -0.3 is 9.80 Å². The average molecular weight is 398 g/mol. The molecule has 4 heteroatoms. The highest BCUT2D eigenvalue weighted by molar-refractivity contribution is 5.97. The number of hydrogen-bond acceptors (Lipinski definition) is 3. The van der Waals surface area contributed by atoms with Gasteiger partial charge in [0.05, 0.1) is 0 Å². The fourth-order valence-electron chi connectivity index (χ4n) is 4.25. The van der Waals surface area contributed by atoms with Crippen LogP contribution in [-0.4, -0.2) is 42.0 Å². The van der Waals surface area contributed by atoms with Crippen molar-refractivity contribution in [3.05, 3.63) is 78.0 Å². The lowest BCUT2D eigenvalue weighted by Crippen LogP contribution is -2.49. The average Bonchev–Trinajstić information content (AvgIpc) is 3.65. The summed E-state index contributed by atoms with van der Waals surface area (Å²) in [6.07, 6.45) is 9.43. The topological polar surface area (TPSA) is 36.4 Å². The third-order valence-corrected chi connectivity index (χ3v) is 6.12. The van der Waals surface area contributed by atoms with E-state index in [2.05, 4.69) is 65.6 Å². The Kier molecular flexibility index (Phi) is 5.22. The smallest absolute Gasteiger partial charge is 0.225 e. The Hall–Kier alpha value is -3.14. The van der Waals surface area contributed by atoms with Crippen molar-refractivity contribution >= 4 is 28.6 Å². The van der Waals surface area contributed by atoms with E-state index in [1.165, 1.54) is 16.3 Å². The summed E-state index contributed by atoms with van der Waals surface area (Å²) in [6.45, 7) is 3.28.